The molecule has 2 heterocycles. The number of nitrogens with zero attached hydrogens (tertiary/aromatic N) is 3. The third kappa shape index (κ3) is 3.71. The van der Waals surface area contributed by atoms with Gasteiger partial charge in [0.1, 0.15) is 6.04 Å². The number of aryl methyl sites for hydroxylation is 1. The predicted molar refractivity (Wildman–Crippen MR) is 77.9 cm³/mol. The smallest absolute Gasteiger partial charge is 0.249 e. The lowest BCUT2D eigenvalue weighted by Crippen LogP contribution is -2.42. The Morgan fingerprint density at radius 2 is 2.30 bits per heavy atom. The summed E-state index contributed by atoms with van der Waals surface area (Å²) in [6.07, 6.45) is 4.47. The summed E-state index contributed by atoms with van der Waals surface area (Å²) in [5.41, 5.74) is 0.777. The molecule has 0 aliphatic carbocycles. The van der Waals surface area contributed by atoms with Crippen LogP contribution < -0.4 is 15.5 Å². The number of nitrogens with one attached hydrogen (secondary N) is 2. The van der Waals surface area contributed by atoms with Crippen molar-refractivity contribution in [3.8, 4) is 0 Å². The Balaban J connectivity index is 0.00000200. The number of rotatable bonds is 5. The van der Waals surface area contributed by atoms with Crippen molar-refractivity contribution in [2.24, 2.45) is 7.05 Å². The van der Waals surface area contributed by atoms with Gasteiger partial charge in [0, 0.05) is 32.8 Å². The SMILES string of the molecule is CNCCC(=O)NC1CCN(c2cnn(C)c2)C1=O.Cl. The summed E-state index contributed by atoms with van der Waals surface area (Å²) in [6.45, 7) is 1.22. The Labute approximate surface area is 124 Å². The van der Waals surface area contributed by atoms with Gasteiger partial charge in [0.2, 0.25) is 11.8 Å². The molecule has 0 saturated carbocycles. The average Bonchev–Trinajstić information content (AvgIpc) is 2.95. The van der Waals surface area contributed by atoms with Crippen LogP contribution in [0.25, 0.3) is 0 Å². The molecule has 0 radical (unpaired) electrons. The molecule has 1 fully saturated rings. The predicted octanol–water partition coefficient (Wildman–Crippen LogP) is -0.327. The van der Waals surface area contributed by atoms with Crippen molar-refractivity contribution in [1.82, 2.24) is 20.4 Å². The number of halogens is 1. The van der Waals surface area contributed by atoms with E-state index in [2.05, 4.69) is 15.7 Å². The van der Waals surface area contributed by atoms with Crippen molar-refractivity contribution < 1.29 is 9.59 Å². The second-order valence-electron chi connectivity index (χ2n) is 4.62. The Hall–Kier alpha value is -1.60. The number of hydrogen-bond acceptors (Lipinski definition) is 4. The lowest BCUT2D eigenvalue weighted by Gasteiger charge is -2.15. The molecule has 1 unspecified atom stereocenters. The van der Waals surface area contributed by atoms with Crippen LogP contribution in [-0.2, 0) is 16.6 Å². The molecule has 1 aliphatic heterocycles. The first-order valence-electron chi connectivity index (χ1n) is 6.36. The lowest BCUT2D eigenvalue weighted by molar-refractivity contribution is -0.126. The summed E-state index contributed by atoms with van der Waals surface area (Å²) in [5.74, 6) is -0.161. The van der Waals surface area contributed by atoms with Crippen molar-refractivity contribution in [2.45, 2.75) is 18.9 Å². The van der Waals surface area contributed by atoms with Gasteiger partial charge in [0.05, 0.1) is 11.9 Å². The number of aromatic nitrogens is 2. The Morgan fingerprint density at radius 1 is 1.55 bits per heavy atom. The molecule has 2 N–H and O–H groups in total. The van der Waals surface area contributed by atoms with E-state index in [9.17, 15) is 9.59 Å². The summed E-state index contributed by atoms with van der Waals surface area (Å²) >= 11 is 0. The van der Waals surface area contributed by atoms with Crippen LogP contribution in [0.3, 0.4) is 0 Å². The first-order valence-corrected chi connectivity index (χ1v) is 6.36. The van der Waals surface area contributed by atoms with Gasteiger partial charge in [-0.15, -0.1) is 12.4 Å². The molecule has 0 bridgehead atoms. The van der Waals surface area contributed by atoms with Gasteiger partial charge in [0.25, 0.3) is 0 Å². The normalized spacial score (nSPS) is 18.0. The minimum Gasteiger partial charge on any atom is -0.344 e. The van der Waals surface area contributed by atoms with E-state index in [-0.39, 0.29) is 24.2 Å². The molecule has 8 heteroatoms. The number of anilines is 1. The van der Waals surface area contributed by atoms with E-state index >= 15 is 0 Å². The number of hydrogen-bond donors (Lipinski definition) is 2. The highest BCUT2D eigenvalue weighted by Gasteiger charge is 2.33. The first kappa shape index (κ1) is 16.5. The summed E-state index contributed by atoms with van der Waals surface area (Å²) < 4.78 is 1.65. The summed E-state index contributed by atoms with van der Waals surface area (Å²) in [7, 11) is 3.60. The monoisotopic (exact) mass is 301 g/mol. The second kappa shape index (κ2) is 7.25. The highest BCUT2D eigenvalue weighted by molar-refractivity contribution is 6.01. The molecule has 7 nitrogen and oxygen atoms in total. The minimum absolute atomic E-state index is 0. The van der Waals surface area contributed by atoms with Gasteiger partial charge in [-0.1, -0.05) is 0 Å². The Kier molecular flexibility index (Phi) is 5.97. The van der Waals surface area contributed by atoms with Crippen LogP contribution in [0.2, 0.25) is 0 Å². The third-order valence-corrected chi connectivity index (χ3v) is 3.15. The van der Waals surface area contributed by atoms with E-state index < -0.39 is 6.04 Å². The van der Waals surface area contributed by atoms with Crippen LogP contribution >= 0.6 is 12.4 Å². The fraction of sp³-hybridized carbons (Fsp3) is 0.583. The molecular formula is C12H20ClN5O2. The molecule has 1 atom stereocenters. The number of carbonyl (C=O) groups is 2. The van der Waals surface area contributed by atoms with Crippen LogP contribution in [0.15, 0.2) is 12.4 Å². The van der Waals surface area contributed by atoms with Crippen molar-refractivity contribution in [3.05, 3.63) is 12.4 Å². The van der Waals surface area contributed by atoms with Crippen LogP contribution in [0.4, 0.5) is 5.69 Å². The molecule has 0 aromatic carbocycles. The Bertz CT molecular complexity index is 476. The second-order valence-corrected chi connectivity index (χ2v) is 4.62. The fourth-order valence-electron chi connectivity index (χ4n) is 2.12. The molecule has 0 spiro atoms. The number of carbonyl (C=O) groups excluding carboxylic acids is 2. The molecule has 1 aromatic rings. The van der Waals surface area contributed by atoms with E-state index in [1.807, 2.05) is 0 Å². The van der Waals surface area contributed by atoms with Gasteiger partial charge < -0.3 is 15.5 Å². The van der Waals surface area contributed by atoms with Crippen molar-refractivity contribution in [1.29, 1.82) is 0 Å². The zero-order valence-electron chi connectivity index (χ0n) is 11.6. The quantitative estimate of drug-likeness (QED) is 0.781. The van der Waals surface area contributed by atoms with Crippen LogP contribution in [0.5, 0.6) is 0 Å². The molecule has 1 saturated heterocycles. The van der Waals surface area contributed by atoms with Crippen LogP contribution in [0, 0.1) is 0 Å². The number of amides is 2. The van der Waals surface area contributed by atoms with E-state index in [1.54, 1.807) is 36.1 Å². The Morgan fingerprint density at radius 3 is 2.90 bits per heavy atom. The summed E-state index contributed by atoms with van der Waals surface area (Å²) in [5, 5.41) is 9.73. The third-order valence-electron chi connectivity index (χ3n) is 3.15. The largest absolute Gasteiger partial charge is 0.344 e. The minimum atomic E-state index is -0.412. The molecule has 20 heavy (non-hydrogen) atoms. The standard InChI is InChI=1S/C12H19N5O2.ClH/c1-13-5-3-11(18)15-10-4-6-17(12(10)19)9-7-14-16(2)8-9;/h7-8,10,13H,3-6H2,1-2H3,(H,15,18);1H. The van der Waals surface area contributed by atoms with E-state index in [0.717, 1.165) is 5.69 Å². The van der Waals surface area contributed by atoms with Crippen LogP contribution in [0.1, 0.15) is 12.8 Å². The zero-order valence-corrected chi connectivity index (χ0v) is 12.4. The van der Waals surface area contributed by atoms with Crippen molar-refractivity contribution in [2.75, 3.05) is 25.0 Å². The summed E-state index contributed by atoms with van der Waals surface area (Å²) in [4.78, 5) is 25.5. The molecular weight excluding hydrogens is 282 g/mol. The van der Waals surface area contributed by atoms with Gasteiger partial charge in [-0.3, -0.25) is 14.3 Å². The zero-order chi connectivity index (χ0) is 13.8. The van der Waals surface area contributed by atoms with Gasteiger partial charge in [-0.2, -0.15) is 5.10 Å². The summed E-state index contributed by atoms with van der Waals surface area (Å²) in [6, 6.07) is -0.412. The fourth-order valence-corrected chi connectivity index (χ4v) is 2.12. The maximum Gasteiger partial charge on any atom is 0.249 e. The maximum absolute atomic E-state index is 12.2. The van der Waals surface area contributed by atoms with E-state index in [1.165, 1.54) is 0 Å². The van der Waals surface area contributed by atoms with Gasteiger partial charge in [0.15, 0.2) is 0 Å². The lowest BCUT2D eigenvalue weighted by atomic mass is 10.2. The van der Waals surface area contributed by atoms with Crippen molar-refractivity contribution >= 4 is 29.9 Å². The van der Waals surface area contributed by atoms with E-state index in [4.69, 9.17) is 0 Å². The van der Waals surface area contributed by atoms with Crippen LogP contribution in [-0.4, -0.2) is 47.8 Å². The highest BCUT2D eigenvalue weighted by Crippen LogP contribution is 2.20. The molecule has 1 aromatic heterocycles. The molecule has 112 valence electrons. The van der Waals surface area contributed by atoms with Crippen molar-refractivity contribution in [3.63, 3.8) is 0 Å². The van der Waals surface area contributed by atoms with Gasteiger partial charge in [-0.05, 0) is 13.5 Å². The molecule has 2 rings (SSSR count). The van der Waals surface area contributed by atoms with Gasteiger partial charge >= 0.3 is 0 Å². The molecule has 2 amide bonds. The van der Waals surface area contributed by atoms with Gasteiger partial charge in [-0.25, -0.2) is 0 Å². The molecule has 1 aliphatic rings. The first-order chi connectivity index (χ1) is 9.11. The maximum atomic E-state index is 12.2. The average molecular weight is 302 g/mol. The van der Waals surface area contributed by atoms with E-state index in [0.29, 0.717) is 25.9 Å². The topological polar surface area (TPSA) is 79.3 Å². The highest BCUT2D eigenvalue weighted by atomic mass is 35.5.